The number of nitrogens with two attached hydrogens (primary N) is 1. The van der Waals surface area contributed by atoms with E-state index in [9.17, 15) is 0 Å². The van der Waals surface area contributed by atoms with Gasteiger partial charge in [0.05, 0.1) is 17.1 Å². The fraction of sp³-hybridized carbons (Fsp3) is 0.533. The van der Waals surface area contributed by atoms with E-state index in [-0.39, 0.29) is 0 Å². The van der Waals surface area contributed by atoms with Crippen molar-refractivity contribution in [2.45, 2.75) is 19.5 Å². The molecule has 1 aromatic carbocycles. The third-order valence-corrected chi connectivity index (χ3v) is 4.11. The van der Waals surface area contributed by atoms with Crippen LogP contribution in [0, 0.1) is 0 Å². The number of imidazole rings is 1. The summed E-state index contributed by atoms with van der Waals surface area (Å²) in [5, 5.41) is 3.40. The van der Waals surface area contributed by atoms with Gasteiger partial charge >= 0.3 is 0 Å². The van der Waals surface area contributed by atoms with Crippen LogP contribution in [0.25, 0.3) is 11.0 Å². The highest BCUT2D eigenvalue weighted by atomic mass is 15.2. The van der Waals surface area contributed by atoms with Crippen LogP contribution in [0.3, 0.4) is 0 Å². The molecule has 0 aliphatic carbocycles. The van der Waals surface area contributed by atoms with Crippen molar-refractivity contribution in [2.75, 3.05) is 32.7 Å². The summed E-state index contributed by atoms with van der Waals surface area (Å²) in [5.74, 6) is 1.14. The number of nitrogens with one attached hydrogen (secondary N) is 1. The van der Waals surface area contributed by atoms with Gasteiger partial charge in [-0.2, -0.15) is 0 Å². The van der Waals surface area contributed by atoms with Crippen LogP contribution in [0.1, 0.15) is 18.8 Å². The Balaban J connectivity index is 1.98. The average Bonchev–Trinajstić information content (AvgIpc) is 2.87. The molecule has 108 valence electrons. The molecule has 5 nitrogen and oxygen atoms in total. The van der Waals surface area contributed by atoms with E-state index in [4.69, 9.17) is 10.7 Å². The first kappa shape index (κ1) is 13.5. The van der Waals surface area contributed by atoms with E-state index in [1.165, 1.54) is 5.52 Å². The van der Waals surface area contributed by atoms with Gasteiger partial charge in [-0.3, -0.25) is 4.90 Å². The molecule has 3 N–H and O–H groups in total. The highest BCUT2D eigenvalue weighted by Gasteiger charge is 2.23. The lowest BCUT2D eigenvalue weighted by Crippen LogP contribution is -2.45. The Kier molecular flexibility index (Phi) is 4.00. The summed E-state index contributed by atoms with van der Waals surface area (Å²) in [6.07, 6.45) is 0. The normalized spacial score (nSPS) is 18.5. The highest BCUT2D eigenvalue weighted by molar-refractivity contribution is 5.76. The zero-order chi connectivity index (χ0) is 13.9. The predicted octanol–water partition coefficient (Wildman–Crippen LogP) is 0.961. The molecule has 0 amide bonds. The third-order valence-electron chi connectivity index (χ3n) is 4.11. The molecule has 0 bridgehead atoms. The number of fused-ring (bicyclic) bond motifs is 1. The van der Waals surface area contributed by atoms with Crippen LogP contribution in [0.2, 0.25) is 0 Å². The Labute approximate surface area is 119 Å². The van der Waals surface area contributed by atoms with Crippen molar-refractivity contribution >= 4 is 11.0 Å². The number of para-hydroxylation sites is 2. The maximum atomic E-state index is 5.79. The molecule has 0 spiro atoms. The lowest BCUT2D eigenvalue weighted by Gasteiger charge is -2.32. The molecule has 1 aliphatic heterocycles. The van der Waals surface area contributed by atoms with E-state index in [1.54, 1.807) is 0 Å². The molecule has 1 saturated heterocycles. The lowest BCUT2D eigenvalue weighted by molar-refractivity contribution is 0.176. The van der Waals surface area contributed by atoms with Crippen LogP contribution in [-0.2, 0) is 6.54 Å². The first-order valence-electron chi connectivity index (χ1n) is 7.41. The van der Waals surface area contributed by atoms with Crippen LogP contribution in [0.15, 0.2) is 24.3 Å². The first-order chi connectivity index (χ1) is 9.81. The van der Waals surface area contributed by atoms with Gasteiger partial charge in [0.25, 0.3) is 0 Å². The Hall–Kier alpha value is -1.43. The Morgan fingerprint density at radius 1 is 1.30 bits per heavy atom. The Morgan fingerprint density at radius 3 is 2.80 bits per heavy atom. The Bertz CT molecular complexity index is 571. The van der Waals surface area contributed by atoms with E-state index in [2.05, 4.69) is 39.9 Å². The minimum atomic E-state index is 0.330. The van der Waals surface area contributed by atoms with Crippen LogP contribution >= 0.6 is 0 Å². The standard InChI is InChI=1S/C15H23N5/c1-12(19-10-7-17-8-11-19)15-18-13-4-2-3-5-14(13)20(15)9-6-16/h2-5,12,17H,6-11,16H2,1H3. The quantitative estimate of drug-likeness (QED) is 0.871. The molecule has 2 aromatic rings. The number of nitrogens with zero attached hydrogens (tertiary/aromatic N) is 3. The van der Waals surface area contributed by atoms with Gasteiger partial charge < -0.3 is 15.6 Å². The average molecular weight is 273 g/mol. The van der Waals surface area contributed by atoms with Crippen molar-refractivity contribution in [3.05, 3.63) is 30.1 Å². The molecule has 5 heteroatoms. The van der Waals surface area contributed by atoms with E-state index in [1.807, 2.05) is 6.07 Å². The van der Waals surface area contributed by atoms with Gasteiger partial charge in [0.1, 0.15) is 5.82 Å². The summed E-state index contributed by atoms with van der Waals surface area (Å²) in [5.41, 5.74) is 8.04. The summed E-state index contributed by atoms with van der Waals surface area (Å²) >= 11 is 0. The molecular weight excluding hydrogens is 250 g/mol. The fourth-order valence-corrected chi connectivity index (χ4v) is 3.01. The number of rotatable bonds is 4. The Morgan fingerprint density at radius 2 is 2.05 bits per heavy atom. The second-order valence-electron chi connectivity index (χ2n) is 5.36. The van der Waals surface area contributed by atoms with Crippen molar-refractivity contribution < 1.29 is 0 Å². The number of hydrogen-bond acceptors (Lipinski definition) is 4. The molecule has 2 heterocycles. The topological polar surface area (TPSA) is 59.1 Å². The van der Waals surface area contributed by atoms with E-state index in [0.717, 1.165) is 44.1 Å². The monoisotopic (exact) mass is 273 g/mol. The highest BCUT2D eigenvalue weighted by Crippen LogP contribution is 2.24. The van der Waals surface area contributed by atoms with Gasteiger partial charge in [-0.25, -0.2) is 4.98 Å². The fourth-order valence-electron chi connectivity index (χ4n) is 3.01. The largest absolute Gasteiger partial charge is 0.329 e. The van der Waals surface area contributed by atoms with Crippen LogP contribution in [-0.4, -0.2) is 47.2 Å². The van der Waals surface area contributed by atoms with E-state index >= 15 is 0 Å². The molecular formula is C15H23N5. The molecule has 0 radical (unpaired) electrons. The summed E-state index contributed by atoms with van der Waals surface area (Å²) in [4.78, 5) is 7.34. The SMILES string of the molecule is CC(c1nc2ccccc2n1CCN)N1CCNCC1. The van der Waals surface area contributed by atoms with Gasteiger partial charge in [0, 0.05) is 39.3 Å². The van der Waals surface area contributed by atoms with E-state index < -0.39 is 0 Å². The predicted molar refractivity (Wildman–Crippen MR) is 81.6 cm³/mol. The summed E-state index contributed by atoms with van der Waals surface area (Å²) in [6.45, 7) is 7.98. The number of hydrogen-bond donors (Lipinski definition) is 2. The molecule has 1 aromatic heterocycles. The molecule has 0 saturated carbocycles. The minimum Gasteiger partial charge on any atom is -0.329 e. The van der Waals surface area contributed by atoms with Gasteiger partial charge in [-0.15, -0.1) is 0 Å². The van der Waals surface area contributed by atoms with Crippen molar-refractivity contribution in [3.8, 4) is 0 Å². The van der Waals surface area contributed by atoms with Gasteiger partial charge in [0.2, 0.25) is 0 Å². The zero-order valence-electron chi connectivity index (χ0n) is 12.0. The van der Waals surface area contributed by atoms with Crippen molar-refractivity contribution in [1.82, 2.24) is 19.8 Å². The minimum absolute atomic E-state index is 0.330. The second kappa shape index (κ2) is 5.91. The van der Waals surface area contributed by atoms with Crippen molar-refractivity contribution in [1.29, 1.82) is 0 Å². The molecule has 1 aliphatic rings. The lowest BCUT2D eigenvalue weighted by atomic mass is 10.2. The van der Waals surface area contributed by atoms with Gasteiger partial charge in [0.15, 0.2) is 0 Å². The second-order valence-corrected chi connectivity index (χ2v) is 5.36. The number of aromatic nitrogens is 2. The molecule has 20 heavy (non-hydrogen) atoms. The maximum absolute atomic E-state index is 5.79. The summed E-state index contributed by atoms with van der Waals surface area (Å²) in [7, 11) is 0. The summed E-state index contributed by atoms with van der Waals surface area (Å²) in [6, 6.07) is 8.65. The number of benzene rings is 1. The molecule has 3 rings (SSSR count). The first-order valence-corrected chi connectivity index (χ1v) is 7.41. The van der Waals surface area contributed by atoms with Crippen LogP contribution < -0.4 is 11.1 Å². The zero-order valence-corrected chi connectivity index (χ0v) is 12.0. The van der Waals surface area contributed by atoms with Crippen LogP contribution in [0.4, 0.5) is 0 Å². The third kappa shape index (κ3) is 2.44. The smallest absolute Gasteiger partial charge is 0.127 e. The number of piperazine rings is 1. The molecule has 1 atom stereocenters. The van der Waals surface area contributed by atoms with Crippen molar-refractivity contribution in [3.63, 3.8) is 0 Å². The van der Waals surface area contributed by atoms with Crippen LogP contribution in [0.5, 0.6) is 0 Å². The van der Waals surface area contributed by atoms with Gasteiger partial charge in [-0.05, 0) is 19.1 Å². The van der Waals surface area contributed by atoms with Gasteiger partial charge in [-0.1, -0.05) is 12.1 Å². The summed E-state index contributed by atoms with van der Waals surface area (Å²) < 4.78 is 2.28. The van der Waals surface area contributed by atoms with E-state index in [0.29, 0.717) is 12.6 Å². The van der Waals surface area contributed by atoms with Crippen molar-refractivity contribution in [2.24, 2.45) is 5.73 Å². The maximum Gasteiger partial charge on any atom is 0.127 e. The molecule has 1 unspecified atom stereocenters. The molecule has 1 fully saturated rings.